The number of benzene rings is 2. The first-order valence-corrected chi connectivity index (χ1v) is 11.2. The Hall–Kier alpha value is -3.30. The zero-order valence-electron chi connectivity index (χ0n) is 17.6. The van der Waals surface area contributed by atoms with Crippen LogP contribution in [0.4, 0.5) is 17.1 Å². The number of hydrogen-bond acceptors (Lipinski definition) is 6. The molecule has 1 spiro atoms. The Morgan fingerprint density at radius 3 is 2.73 bits per heavy atom. The maximum atomic E-state index is 13.9. The third-order valence-corrected chi connectivity index (χ3v) is 8.07. The summed E-state index contributed by atoms with van der Waals surface area (Å²) in [6.07, 6.45) is 1.50. The number of nitrogens with zero attached hydrogens (tertiary/aromatic N) is 3. The molecule has 0 aliphatic carbocycles. The first-order valence-electron chi connectivity index (χ1n) is 10.8. The molecule has 0 bridgehead atoms. The molecular formula is C23H19ClN4O5. The van der Waals surface area contributed by atoms with Gasteiger partial charge in [-0.25, -0.2) is 4.90 Å². The van der Waals surface area contributed by atoms with Gasteiger partial charge in [-0.3, -0.25) is 29.4 Å². The van der Waals surface area contributed by atoms with Crippen LogP contribution in [0.1, 0.15) is 24.0 Å². The van der Waals surface area contributed by atoms with Gasteiger partial charge in [-0.05, 0) is 44.0 Å². The number of nitro benzene ring substituents is 1. The van der Waals surface area contributed by atoms with Crippen LogP contribution in [0.2, 0.25) is 5.02 Å². The van der Waals surface area contributed by atoms with Gasteiger partial charge in [-0.15, -0.1) is 0 Å². The van der Waals surface area contributed by atoms with Gasteiger partial charge in [0.1, 0.15) is 5.54 Å². The highest BCUT2D eigenvalue weighted by molar-refractivity contribution is 6.32. The summed E-state index contributed by atoms with van der Waals surface area (Å²) in [7, 11) is 0. The lowest BCUT2D eigenvalue weighted by Gasteiger charge is -2.36. The Morgan fingerprint density at radius 1 is 1.18 bits per heavy atom. The van der Waals surface area contributed by atoms with Crippen LogP contribution in [0, 0.1) is 28.9 Å². The molecule has 33 heavy (non-hydrogen) atoms. The molecule has 4 aliphatic heterocycles. The minimum absolute atomic E-state index is 0.152. The molecule has 4 aliphatic rings. The maximum Gasteiger partial charge on any atom is 0.271 e. The number of non-ortho nitro benzene ring substituents is 1. The van der Waals surface area contributed by atoms with E-state index < -0.39 is 34.1 Å². The van der Waals surface area contributed by atoms with Gasteiger partial charge in [-0.1, -0.05) is 23.7 Å². The third-order valence-electron chi connectivity index (χ3n) is 7.66. The van der Waals surface area contributed by atoms with Crippen molar-refractivity contribution in [2.75, 3.05) is 16.8 Å². The van der Waals surface area contributed by atoms with E-state index in [9.17, 15) is 24.5 Å². The lowest BCUT2D eigenvalue weighted by atomic mass is 9.75. The number of nitro groups is 1. The number of halogens is 1. The molecule has 3 fully saturated rings. The van der Waals surface area contributed by atoms with Gasteiger partial charge in [0.05, 0.1) is 28.1 Å². The van der Waals surface area contributed by atoms with Crippen molar-refractivity contribution < 1.29 is 19.3 Å². The Labute approximate surface area is 193 Å². The number of hydrogen-bond donors (Lipinski definition) is 1. The Kier molecular flexibility index (Phi) is 4.07. The van der Waals surface area contributed by atoms with Gasteiger partial charge in [0.2, 0.25) is 17.7 Å². The van der Waals surface area contributed by atoms with E-state index in [2.05, 4.69) is 5.32 Å². The van der Waals surface area contributed by atoms with E-state index in [1.807, 2.05) is 11.8 Å². The minimum atomic E-state index is -1.31. The highest BCUT2D eigenvalue weighted by Crippen LogP contribution is 2.61. The minimum Gasteiger partial charge on any atom is -0.324 e. The highest BCUT2D eigenvalue weighted by Gasteiger charge is 2.74. The monoisotopic (exact) mass is 466 g/mol. The van der Waals surface area contributed by atoms with E-state index in [0.29, 0.717) is 34.8 Å². The fourth-order valence-corrected chi connectivity index (χ4v) is 6.55. The molecule has 3 saturated heterocycles. The molecule has 0 aromatic heterocycles. The van der Waals surface area contributed by atoms with Gasteiger partial charge in [0, 0.05) is 28.8 Å². The second-order valence-corrected chi connectivity index (χ2v) is 9.42. The van der Waals surface area contributed by atoms with E-state index >= 15 is 0 Å². The maximum absolute atomic E-state index is 13.9. The SMILES string of the molecule is Cc1c(Cl)ccc2c1NC(=O)[C@@]21[C@@H]2C(=O)N(c3cccc([N+](=O)[O-])c3)C(=O)[C@H]2[C@@H]2CCCN21. The number of carbonyl (C=O) groups is 3. The summed E-state index contributed by atoms with van der Waals surface area (Å²) in [6.45, 7) is 2.41. The fourth-order valence-electron chi connectivity index (χ4n) is 6.39. The van der Waals surface area contributed by atoms with Crippen LogP contribution < -0.4 is 10.2 Å². The van der Waals surface area contributed by atoms with Gasteiger partial charge in [0.25, 0.3) is 5.69 Å². The van der Waals surface area contributed by atoms with Crippen molar-refractivity contribution in [2.45, 2.75) is 31.3 Å². The molecule has 4 heterocycles. The quantitative estimate of drug-likeness (QED) is 0.413. The summed E-state index contributed by atoms with van der Waals surface area (Å²) in [5.41, 5.74) is 0.601. The molecular weight excluding hydrogens is 448 g/mol. The number of amides is 3. The molecule has 4 atom stereocenters. The summed E-state index contributed by atoms with van der Waals surface area (Å²) >= 11 is 6.30. The van der Waals surface area contributed by atoms with Crippen molar-refractivity contribution in [2.24, 2.45) is 11.8 Å². The summed E-state index contributed by atoms with van der Waals surface area (Å²) in [4.78, 5) is 55.0. The number of nitrogens with one attached hydrogen (secondary N) is 1. The second-order valence-electron chi connectivity index (χ2n) is 9.01. The molecule has 0 saturated carbocycles. The summed E-state index contributed by atoms with van der Waals surface area (Å²) in [5.74, 6) is -2.87. The number of imide groups is 1. The number of rotatable bonds is 2. The van der Waals surface area contributed by atoms with Crippen molar-refractivity contribution in [3.05, 3.63) is 62.7 Å². The largest absolute Gasteiger partial charge is 0.324 e. The molecule has 1 N–H and O–H groups in total. The fraction of sp³-hybridized carbons (Fsp3) is 0.348. The predicted molar refractivity (Wildman–Crippen MR) is 119 cm³/mol. The van der Waals surface area contributed by atoms with Crippen molar-refractivity contribution in [3.8, 4) is 0 Å². The number of fused-ring (bicyclic) bond motifs is 7. The van der Waals surface area contributed by atoms with Crippen molar-refractivity contribution in [3.63, 3.8) is 0 Å². The van der Waals surface area contributed by atoms with Crippen LogP contribution in [-0.4, -0.2) is 40.1 Å². The first kappa shape index (κ1) is 20.3. The van der Waals surface area contributed by atoms with E-state index in [1.165, 1.54) is 24.3 Å². The normalized spacial score (nSPS) is 30.1. The van der Waals surface area contributed by atoms with E-state index in [1.54, 1.807) is 12.1 Å². The van der Waals surface area contributed by atoms with Crippen molar-refractivity contribution >= 4 is 46.4 Å². The topological polar surface area (TPSA) is 113 Å². The first-order chi connectivity index (χ1) is 15.8. The molecule has 2 aromatic carbocycles. The van der Waals surface area contributed by atoms with Crippen LogP contribution >= 0.6 is 11.6 Å². The molecule has 6 rings (SSSR count). The van der Waals surface area contributed by atoms with Crippen LogP contribution in [0.25, 0.3) is 0 Å². The molecule has 0 radical (unpaired) electrons. The third kappa shape index (κ3) is 2.33. The second kappa shape index (κ2) is 6.61. The smallest absolute Gasteiger partial charge is 0.271 e. The van der Waals surface area contributed by atoms with Crippen LogP contribution in [0.5, 0.6) is 0 Å². The highest BCUT2D eigenvalue weighted by atomic mass is 35.5. The van der Waals surface area contributed by atoms with Crippen molar-refractivity contribution in [1.82, 2.24) is 4.90 Å². The van der Waals surface area contributed by atoms with Gasteiger partial charge in [-0.2, -0.15) is 0 Å². The van der Waals surface area contributed by atoms with E-state index in [-0.39, 0.29) is 23.3 Å². The van der Waals surface area contributed by atoms with E-state index in [0.717, 1.165) is 11.3 Å². The van der Waals surface area contributed by atoms with Gasteiger partial charge < -0.3 is 5.32 Å². The summed E-state index contributed by atoms with van der Waals surface area (Å²) in [6, 6.07) is 8.72. The summed E-state index contributed by atoms with van der Waals surface area (Å²) < 4.78 is 0. The molecule has 168 valence electrons. The average molecular weight is 467 g/mol. The lowest BCUT2D eigenvalue weighted by molar-refractivity contribution is -0.384. The predicted octanol–water partition coefficient (Wildman–Crippen LogP) is 2.99. The van der Waals surface area contributed by atoms with Gasteiger partial charge >= 0.3 is 0 Å². The standard InChI is InChI=1S/C23H19ClN4O5/c1-11-15(24)8-7-14-19(11)25-22(31)23(14)18-17(16-6-3-9-26(16)23)20(29)27(21(18)30)12-4-2-5-13(10-12)28(32)33/h2,4-5,7-8,10,16-18H,3,6,9H2,1H3,(H,25,31)/t16-,17-,18-,23-/m0/s1. The molecule has 9 nitrogen and oxygen atoms in total. The number of carbonyl (C=O) groups excluding carboxylic acids is 3. The zero-order chi connectivity index (χ0) is 23.2. The zero-order valence-corrected chi connectivity index (χ0v) is 18.3. The number of anilines is 2. The van der Waals surface area contributed by atoms with Crippen LogP contribution in [0.3, 0.4) is 0 Å². The Bertz CT molecular complexity index is 1300. The average Bonchev–Trinajstić information content (AvgIpc) is 3.49. The molecule has 3 amide bonds. The van der Waals surface area contributed by atoms with Crippen LogP contribution in [-0.2, 0) is 19.9 Å². The molecule has 10 heteroatoms. The van der Waals surface area contributed by atoms with Crippen molar-refractivity contribution in [1.29, 1.82) is 0 Å². The summed E-state index contributed by atoms with van der Waals surface area (Å²) in [5, 5.41) is 14.7. The molecule has 2 aromatic rings. The molecule has 0 unspecified atom stereocenters. The van der Waals surface area contributed by atoms with E-state index in [4.69, 9.17) is 11.6 Å². The lowest BCUT2D eigenvalue weighted by Crippen LogP contribution is -2.54. The van der Waals surface area contributed by atoms with Crippen LogP contribution in [0.15, 0.2) is 36.4 Å². The Morgan fingerprint density at radius 2 is 1.97 bits per heavy atom. The van der Waals surface area contributed by atoms with Gasteiger partial charge in [0.15, 0.2) is 0 Å². The Balaban J connectivity index is 1.55.